The lowest BCUT2D eigenvalue weighted by molar-refractivity contribution is 0.456. The summed E-state index contributed by atoms with van der Waals surface area (Å²) in [5.74, 6) is 2.06. The first kappa shape index (κ1) is 13.3. The summed E-state index contributed by atoms with van der Waals surface area (Å²) in [5, 5.41) is 4.31. The molecular formula is C11H25NS. The lowest BCUT2D eigenvalue weighted by Gasteiger charge is -2.20. The monoisotopic (exact) mass is 203 g/mol. The van der Waals surface area contributed by atoms with Crippen LogP contribution in [-0.2, 0) is 0 Å². The third-order valence-electron chi connectivity index (χ3n) is 1.88. The van der Waals surface area contributed by atoms with E-state index in [0.29, 0.717) is 6.04 Å². The minimum absolute atomic E-state index is 0.706. The van der Waals surface area contributed by atoms with Crippen LogP contribution in [0.4, 0.5) is 0 Å². The van der Waals surface area contributed by atoms with Crippen molar-refractivity contribution in [3.63, 3.8) is 0 Å². The zero-order valence-electron chi connectivity index (χ0n) is 9.76. The molecule has 0 spiro atoms. The van der Waals surface area contributed by atoms with Gasteiger partial charge in [0.1, 0.15) is 0 Å². The second-order valence-electron chi connectivity index (χ2n) is 4.27. The van der Waals surface area contributed by atoms with Crippen molar-refractivity contribution in [3.05, 3.63) is 0 Å². The molecule has 0 aliphatic rings. The van der Waals surface area contributed by atoms with Crippen LogP contribution in [0, 0.1) is 5.92 Å². The van der Waals surface area contributed by atoms with Gasteiger partial charge in [-0.15, -0.1) is 0 Å². The van der Waals surface area contributed by atoms with Gasteiger partial charge in [0.05, 0.1) is 0 Å². The molecule has 2 heteroatoms. The molecule has 0 aliphatic carbocycles. The fraction of sp³-hybridized carbons (Fsp3) is 1.00. The molecule has 0 radical (unpaired) electrons. The summed E-state index contributed by atoms with van der Waals surface area (Å²) in [6, 6.07) is 0.706. The Morgan fingerprint density at radius 2 is 1.77 bits per heavy atom. The smallest absolute Gasteiger partial charge is 0.0160 e. The molecule has 0 aliphatic heterocycles. The van der Waals surface area contributed by atoms with Crippen LogP contribution < -0.4 is 5.32 Å². The first-order valence-electron chi connectivity index (χ1n) is 5.41. The Balaban J connectivity index is 3.66. The van der Waals surface area contributed by atoms with E-state index in [1.807, 2.05) is 0 Å². The van der Waals surface area contributed by atoms with Gasteiger partial charge in [-0.1, -0.05) is 34.6 Å². The number of thioether (sulfide) groups is 1. The molecule has 1 unspecified atom stereocenters. The van der Waals surface area contributed by atoms with Crippen molar-refractivity contribution in [1.82, 2.24) is 5.32 Å². The average Bonchev–Trinajstić information content (AvgIpc) is 1.99. The first-order chi connectivity index (χ1) is 6.06. The molecule has 0 bridgehead atoms. The third kappa shape index (κ3) is 8.63. The Bertz CT molecular complexity index is 113. The topological polar surface area (TPSA) is 12.0 Å². The number of hydrogen-bond donors (Lipinski definition) is 1. The Kier molecular flexibility index (Phi) is 7.87. The molecule has 0 aromatic carbocycles. The summed E-state index contributed by atoms with van der Waals surface area (Å²) < 4.78 is 0. The SMILES string of the molecule is CCNC(CSC(C)C)CC(C)C. The maximum absolute atomic E-state index is 3.55. The van der Waals surface area contributed by atoms with E-state index in [-0.39, 0.29) is 0 Å². The van der Waals surface area contributed by atoms with Gasteiger partial charge in [0.2, 0.25) is 0 Å². The van der Waals surface area contributed by atoms with E-state index in [1.165, 1.54) is 12.2 Å². The summed E-state index contributed by atoms with van der Waals surface area (Å²) in [4.78, 5) is 0. The van der Waals surface area contributed by atoms with E-state index in [2.05, 4.69) is 51.7 Å². The molecule has 1 N–H and O–H groups in total. The van der Waals surface area contributed by atoms with Crippen LogP contribution in [0.1, 0.15) is 41.0 Å². The number of hydrogen-bond acceptors (Lipinski definition) is 2. The summed E-state index contributed by atoms with van der Waals surface area (Å²) in [7, 11) is 0. The first-order valence-corrected chi connectivity index (χ1v) is 6.46. The van der Waals surface area contributed by atoms with E-state index in [1.54, 1.807) is 0 Å². The highest BCUT2D eigenvalue weighted by Crippen LogP contribution is 2.14. The molecule has 1 atom stereocenters. The van der Waals surface area contributed by atoms with Gasteiger partial charge in [0.25, 0.3) is 0 Å². The molecule has 0 amide bonds. The lowest BCUT2D eigenvalue weighted by atomic mass is 10.1. The molecule has 0 saturated heterocycles. The third-order valence-corrected chi connectivity index (χ3v) is 3.14. The minimum atomic E-state index is 0.706. The molecule has 0 saturated carbocycles. The Morgan fingerprint density at radius 1 is 1.15 bits per heavy atom. The van der Waals surface area contributed by atoms with E-state index in [4.69, 9.17) is 0 Å². The number of rotatable bonds is 7. The van der Waals surface area contributed by atoms with Gasteiger partial charge in [-0.25, -0.2) is 0 Å². The molecule has 0 aromatic rings. The Hall–Kier alpha value is 0.310. The van der Waals surface area contributed by atoms with Crippen molar-refractivity contribution in [1.29, 1.82) is 0 Å². The van der Waals surface area contributed by atoms with Crippen LogP contribution in [0.5, 0.6) is 0 Å². The van der Waals surface area contributed by atoms with Gasteiger partial charge in [-0.05, 0) is 24.1 Å². The lowest BCUT2D eigenvalue weighted by Crippen LogP contribution is -2.32. The van der Waals surface area contributed by atoms with Gasteiger partial charge in [-0.2, -0.15) is 11.8 Å². The van der Waals surface area contributed by atoms with Crippen molar-refractivity contribution in [2.45, 2.75) is 52.3 Å². The normalized spacial score (nSPS) is 14.1. The van der Waals surface area contributed by atoms with Gasteiger partial charge < -0.3 is 5.32 Å². The zero-order valence-corrected chi connectivity index (χ0v) is 10.6. The van der Waals surface area contributed by atoms with Crippen LogP contribution in [0.2, 0.25) is 0 Å². The Labute approximate surface area is 88.1 Å². The van der Waals surface area contributed by atoms with E-state index in [9.17, 15) is 0 Å². The van der Waals surface area contributed by atoms with Crippen LogP contribution in [0.3, 0.4) is 0 Å². The minimum Gasteiger partial charge on any atom is -0.313 e. The summed E-state index contributed by atoms with van der Waals surface area (Å²) in [6.45, 7) is 12.4. The maximum atomic E-state index is 3.55. The highest BCUT2D eigenvalue weighted by atomic mass is 32.2. The van der Waals surface area contributed by atoms with Crippen molar-refractivity contribution in [2.24, 2.45) is 5.92 Å². The molecule has 0 rings (SSSR count). The quantitative estimate of drug-likeness (QED) is 0.682. The molecule has 0 heterocycles. The summed E-state index contributed by atoms with van der Waals surface area (Å²) >= 11 is 2.06. The van der Waals surface area contributed by atoms with Crippen molar-refractivity contribution in [3.8, 4) is 0 Å². The maximum Gasteiger partial charge on any atom is 0.0160 e. The van der Waals surface area contributed by atoms with Crippen LogP contribution in [0.15, 0.2) is 0 Å². The van der Waals surface area contributed by atoms with Gasteiger partial charge in [0.15, 0.2) is 0 Å². The highest BCUT2D eigenvalue weighted by molar-refractivity contribution is 7.99. The van der Waals surface area contributed by atoms with Crippen LogP contribution in [0.25, 0.3) is 0 Å². The van der Waals surface area contributed by atoms with Crippen LogP contribution >= 0.6 is 11.8 Å². The van der Waals surface area contributed by atoms with E-state index >= 15 is 0 Å². The fourth-order valence-electron chi connectivity index (χ4n) is 1.38. The molecule has 0 fully saturated rings. The molecule has 0 aromatic heterocycles. The standard InChI is InChI=1S/C11H25NS/c1-6-12-11(7-9(2)3)8-13-10(4)5/h9-12H,6-8H2,1-5H3. The van der Waals surface area contributed by atoms with E-state index < -0.39 is 0 Å². The molecule has 13 heavy (non-hydrogen) atoms. The second kappa shape index (κ2) is 7.69. The fourth-order valence-corrected chi connectivity index (χ4v) is 2.25. The summed E-state index contributed by atoms with van der Waals surface area (Å²) in [6.07, 6.45) is 1.30. The predicted octanol–water partition coefficient (Wildman–Crippen LogP) is 3.15. The molecular weight excluding hydrogens is 178 g/mol. The Morgan fingerprint density at radius 3 is 2.15 bits per heavy atom. The molecule has 1 nitrogen and oxygen atoms in total. The van der Waals surface area contributed by atoms with Crippen molar-refractivity contribution >= 4 is 11.8 Å². The molecule has 80 valence electrons. The predicted molar refractivity (Wildman–Crippen MR) is 64.5 cm³/mol. The average molecular weight is 203 g/mol. The highest BCUT2D eigenvalue weighted by Gasteiger charge is 2.10. The zero-order chi connectivity index (χ0) is 10.3. The number of nitrogens with one attached hydrogen (secondary N) is 1. The van der Waals surface area contributed by atoms with Crippen LogP contribution in [-0.4, -0.2) is 23.6 Å². The van der Waals surface area contributed by atoms with Gasteiger partial charge in [-0.3, -0.25) is 0 Å². The van der Waals surface area contributed by atoms with Crippen molar-refractivity contribution in [2.75, 3.05) is 12.3 Å². The van der Waals surface area contributed by atoms with Gasteiger partial charge in [0, 0.05) is 11.8 Å². The second-order valence-corrected chi connectivity index (χ2v) is 5.88. The largest absolute Gasteiger partial charge is 0.313 e. The van der Waals surface area contributed by atoms with Crippen molar-refractivity contribution < 1.29 is 0 Å². The summed E-state index contributed by atoms with van der Waals surface area (Å²) in [5.41, 5.74) is 0. The van der Waals surface area contributed by atoms with E-state index in [0.717, 1.165) is 17.7 Å². The van der Waals surface area contributed by atoms with Gasteiger partial charge >= 0.3 is 0 Å².